The van der Waals surface area contributed by atoms with E-state index >= 15 is 0 Å². The van der Waals surface area contributed by atoms with Crippen molar-refractivity contribution in [3.05, 3.63) is 65.7 Å². The molecule has 2 aromatic carbocycles. The Kier molecular flexibility index (Phi) is 11.2. The highest BCUT2D eigenvalue weighted by Crippen LogP contribution is 2.29. The highest BCUT2D eigenvalue weighted by molar-refractivity contribution is 7.98. The van der Waals surface area contributed by atoms with Gasteiger partial charge in [-0.15, -0.1) is 13.2 Å². The molecule has 3 aromatic rings. The topological polar surface area (TPSA) is 139 Å². The predicted octanol–water partition coefficient (Wildman–Crippen LogP) is 4.44. The Labute approximate surface area is 265 Å². The lowest BCUT2D eigenvalue weighted by molar-refractivity contribution is -0.274. The lowest BCUT2D eigenvalue weighted by Gasteiger charge is -2.33. The Hall–Kier alpha value is -3.79. The van der Waals surface area contributed by atoms with Crippen molar-refractivity contribution < 1.29 is 36.0 Å². The second-order valence-electron chi connectivity index (χ2n) is 11.7. The molecule has 10 nitrogen and oxygen atoms in total. The van der Waals surface area contributed by atoms with Gasteiger partial charge in [0.1, 0.15) is 17.3 Å². The minimum absolute atomic E-state index is 0.129. The van der Waals surface area contributed by atoms with Gasteiger partial charge in [0.15, 0.2) is 0 Å². The molecular formula is C31H40F4N6O4S. The van der Waals surface area contributed by atoms with Crippen LogP contribution in [0.5, 0.6) is 5.75 Å². The van der Waals surface area contributed by atoms with Crippen LogP contribution in [-0.2, 0) is 14.4 Å². The number of nitrogens with one attached hydrogen (secondary N) is 2. The molecule has 2 heterocycles. The molecule has 4 rings (SSSR count). The number of benzene rings is 2. The van der Waals surface area contributed by atoms with Crippen molar-refractivity contribution in [1.29, 1.82) is 0 Å². The maximum Gasteiger partial charge on any atom is 0.573 e. The van der Waals surface area contributed by atoms with E-state index in [0.29, 0.717) is 36.1 Å². The van der Waals surface area contributed by atoms with Gasteiger partial charge in [-0.1, -0.05) is 13.8 Å². The summed E-state index contributed by atoms with van der Waals surface area (Å²) < 4.78 is 76.5. The molecule has 1 fully saturated rings. The molecule has 0 amide bonds. The van der Waals surface area contributed by atoms with E-state index in [2.05, 4.69) is 25.2 Å². The molecule has 252 valence electrons. The molecule has 0 bridgehead atoms. The van der Waals surface area contributed by atoms with E-state index in [1.807, 2.05) is 13.8 Å². The van der Waals surface area contributed by atoms with Crippen molar-refractivity contribution in [2.24, 2.45) is 23.4 Å². The van der Waals surface area contributed by atoms with Crippen molar-refractivity contribution in [3.63, 3.8) is 0 Å². The van der Waals surface area contributed by atoms with Crippen LogP contribution in [0.3, 0.4) is 0 Å². The minimum Gasteiger partial charge on any atom is -0.461 e. The lowest BCUT2D eigenvalue weighted by Crippen LogP contribution is -2.42. The third kappa shape index (κ3) is 9.61. The van der Waals surface area contributed by atoms with Gasteiger partial charge in [-0.25, -0.2) is 24.0 Å². The smallest absolute Gasteiger partial charge is 0.461 e. The van der Waals surface area contributed by atoms with E-state index in [1.54, 1.807) is 0 Å². The Morgan fingerprint density at radius 2 is 1.89 bits per heavy atom. The molecule has 0 aliphatic carbocycles. The summed E-state index contributed by atoms with van der Waals surface area (Å²) >= 11 is 0. The first-order valence-electron chi connectivity index (χ1n) is 14.8. The summed E-state index contributed by atoms with van der Waals surface area (Å²) in [5.41, 5.74) is 7.62. The molecule has 1 saturated heterocycles. The molecule has 1 aromatic heterocycles. The van der Waals surface area contributed by atoms with Crippen molar-refractivity contribution in [3.8, 4) is 5.75 Å². The van der Waals surface area contributed by atoms with E-state index in [9.17, 15) is 26.6 Å². The van der Waals surface area contributed by atoms with E-state index in [1.165, 1.54) is 41.5 Å². The van der Waals surface area contributed by atoms with Crippen LogP contribution in [-0.4, -0.2) is 76.6 Å². The van der Waals surface area contributed by atoms with Gasteiger partial charge < -0.3 is 30.1 Å². The van der Waals surface area contributed by atoms with Gasteiger partial charge in [0, 0.05) is 47.2 Å². The third-order valence-electron chi connectivity index (χ3n) is 7.48. The average Bonchev–Trinajstić information content (AvgIpc) is 3.35. The third-order valence-corrected chi connectivity index (χ3v) is 9.19. The summed E-state index contributed by atoms with van der Waals surface area (Å²) in [6.45, 7) is 7.06. The summed E-state index contributed by atoms with van der Waals surface area (Å²) in [5.74, 6) is 8.96. The number of nitrogens with two attached hydrogens (primary N) is 2. The number of nitrogens with zero attached hydrogens (tertiary/aromatic N) is 2. The van der Waals surface area contributed by atoms with Crippen molar-refractivity contribution >= 4 is 38.1 Å². The van der Waals surface area contributed by atoms with Crippen LogP contribution in [0.4, 0.5) is 17.6 Å². The summed E-state index contributed by atoms with van der Waals surface area (Å²) in [6.07, 6.45) is -1.59. The number of aromatic nitrogens is 1. The van der Waals surface area contributed by atoms with Crippen LogP contribution in [0.25, 0.3) is 16.6 Å². The number of hydrogen-bond donors (Lipinski definition) is 4. The summed E-state index contributed by atoms with van der Waals surface area (Å²) in [5, 5.41) is 1.92. The normalized spacial score (nSPS) is 16.5. The van der Waals surface area contributed by atoms with Gasteiger partial charge in [0.05, 0.1) is 22.0 Å². The molecule has 15 heteroatoms. The first kappa shape index (κ1) is 35.1. The van der Waals surface area contributed by atoms with Gasteiger partial charge in [-0.05, 0) is 86.1 Å². The summed E-state index contributed by atoms with van der Waals surface area (Å²) in [7, 11) is -2.92. The number of hydrogen-bond acceptors (Lipinski definition) is 8. The summed E-state index contributed by atoms with van der Waals surface area (Å²) in [4.78, 5) is 18.4. The number of rotatable bonds is 13. The molecule has 1 aliphatic rings. The quantitative estimate of drug-likeness (QED) is 0.0690. The molecule has 0 saturated carbocycles. The molecule has 46 heavy (non-hydrogen) atoms. The summed E-state index contributed by atoms with van der Waals surface area (Å²) in [6, 6.07) is 8.93. The zero-order valence-corrected chi connectivity index (χ0v) is 26.6. The van der Waals surface area contributed by atoms with Crippen molar-refractivity contribution in [2.75, 3.05) is 39.3 Å². The lowest BCUT2D eigenvalue weighted by atomic mass is 9.96. The fourth-order valence-corrected chi connectivity index (χ4v) is 6.39. The van der Waals surface area contributed by atoms with Crippen LogP contribution < -0.4 is 21.0 Å². The number of esters is 1. The number of halogens is 4. The Balaban J connectivity index is 1.29. The van der Waals surface area contributed by atoms with Crippen LogP contribution >= 0.6 is 0 Å². The number of ether oxygens (including phenoxy) is 2. The van der Waals surface area contributed by atoms with Crippen molar-refractivity contribution in [1.82, 2.24) is 19.6 Å². The van der Waals surface area contributed by atoms with E-state index in [4.69, 9.17) is 16.3 Å². The molecule has 1 aliphatic heterocycles. The molecule has 0 spiro atoms. The Morgan fingerprint density at radius 3 is 2.52 bits per heavy atom. The van der Waals surface area contributed by atoms with Gasteiger partial charge in [0.2, 0.25) is 0 Å². The maximum absolute atomic E-state index is 14.1. The molecule has 0 radical (unpaired) electrons. The highest BCUT2D eigenvalue weighted by Gasteiger charge is 2.31. The Bertz CT molecular complexity index is 1630. The number of piperidine rings is 1. The van der Waals surface area contributed by atoms with Crippen LogP contribution in [0, 0.1) is 17.7 Å². The zero-order chi connectivity index (χ0) is 33.6. The van der Waals surface area contributed by atoms with Crippen molar-refractivity contribution in [2.45, 2.75) is 37.9 Å². The maximum atomic E-state index is 14.1. The van der Waals surface area contributed by atoms with Crippen LogP contribution in [0.1, 0.15) is 42.7 Å². The fourth-order valence-electron chi connectivity index (χ4n) is 5.23. The van der Waals surface area contributed by atoms with E-state index in [0.717, 1.165) is 38.1 Å². The largest absolute Gasteiger partial charge is 0.573 e. The van der Waals surface area contributed by atoms with E-state index < -0.39 is 33.6 Å². The second-order valence-corrected chi connectivity index (χ2v) is 13.8. The fraction of sp³-hybridized carbons (Fsp3) is 0.419. The minimum atomic E-state index is -4.81. The van der Waals surface area contributed by atoms with Gasteiger partial charge >= 0.3 is 12.3 Å². The standard InChI is InChI=1S/C31H40F4N6O4S/c1-20(2)19-44-30(42)29-28(25-16-22(32)4-9-27(25)39-29)26(36)18-41(37)17-21-10-13-40(14-11-21)15-12-38-46(3,43)24-7-5-23(6-8-24)45-31(33,34)35/h4-9,16,18,20-21,39H,3,10-15,17,19,36-37H2,1-2H3,(H,38,43)/b26-18-. The first-order valence-corrected chi connectivity index (χ1v) is 16.5. The number of H-pyrrole nitrogens is 1. The number of hydrazine groups is 1. The highest BCUT2D eigenvalue weighted by atomic mass is 32.2. The Morgan fingerprint density at radius 1 is 1.22 bits per heavy atom. The number of aromatic amines is 1. The van der Waals surface area contributed by atoms with Crippen LogP contribution in [0.2, 0.25) is 0 Å². The van der Waals surface area contributed by atoms with Gasteiger partial charge in [0.25, 0.3) is 0 Å². The predicted molar refractivity (Wildman–Crippen MR) is 170 cm³/mol. The SMILES string of the molecule is C=S(=O)(NCCN1CCC(CN(N)/C=C(\N)c2c(C(=O)OCC(C)C)[nH]c3ccc(F)cc23)CC1)c1ccc(OC(F)(F)F)cc1. The number of carbonyl (C=O) groups excluding carboxylic acids is 1. The second kappa shape index (κ2) is 14.8. The monoisotopic (exact) mass is 668 g/mol. The van der Waals surface area contributed by atoms with Gasteiger partial charge in [-0.3, -0.25) is 0 Å². The first-order chi connectivity index (χ1) is 21.6. The molecular weight excluding hydrogens is 628 g/mol. The average molecular weight is 669 g/mol. The number of carbonyl (C=O) groups is 1. The number of fused-ring (bicyclic) bond motifs is 1. The molecule has 1 unspecified atom stereocenters. The van der Waals surface area contributed by atoms with Crippen LogP contribution in [0.15, 0.2) is 53.6 Å². The number of alkyl halides is 3. The van der Waals surface area contributed by atoms with Gasteiger partial charge in [-0.2, -0.15) is 0 Å². The molecule has 6 N–H and O–H groups in total. The van der Waals surface area contributed by atoms with E-state index in [-0.39, 0.29) is 34.7 Å². The number of likely N-dealkylation sites (tertiary alicyclic amines) is 1. The zero-order valence-electron chi connectivity index (χ0n) is 25.7. The molecule has 1 atom stereocenters.